The van der Waals surface area contributed by atoms with Crippen LogP contribution in [0.15, 0.2) is 11.6 Å². The number of hydrogen-bond donors (Lipinski definition) is 1. The molecule has 0 aromatic rings. The summed E-state index contributed by atoms with van der Waals surface area (Å²) >= 11 is 0. The van der Waals surface area contributed by atoms with Crippen molar-refractivity contribution in [2.45, 2.75) is 99.2 Å². The second kappa shape index (κ2) is 13.1. The van der Waals surface area contributed by atoms with Gasteiger partial charge in [0.15, 0.2) is 0 Å². The normalized spacial score (nSPS) is 19.7. The molecule has 0 aromatic carbocycles. The Labute approximate surface area is 201 Å². The average Bonchev–Trinajstić information content (AvgIpc) is 2.74. The minimum absolute atomic E-state index is 0.0656. The van der Waals surface area contributed by atoms with E-state index in [9.17, 15) is 14.4 Å². The number of carbonyl (C=O) groups is 3. The van der Waals surface area contributed by atoms with Crippen LogP contribution in [0.2, 0.25) is 0 Å². The van der Waals surface area contributed by atoms with Crippen LogP contribution in [0.3, 0.4) is 0 Å². The van der Waals surface area contributed by atoms with Gasteiger partial charge in [-0.2, -0.15) is 0 Å². The van der Waals surface area contributed by atoms with E-state index in [1.54, 1.807) is 31.9 Å². The van der Waals surface area contributed by atoms with Crippen molar-refractivity contribution in [3.8, 4) is 0 Å². The lowest BCUT2D eigenvalue weighted by atomic mass is 9.84. The predicted molar refractivity (Wildman–Crippen MR) is 133 cm³/mol. The summed E-state index contributed by atoms with van der Waals surface area (Å²) < 4.78 is 5.10. The van der Waals surface area contributed by atoms with Crippen molar-refractivity contribution < 1.29 is 19.1 Å². The number of likely N-dealkylation sites (N-methyl/N-ethyl adjacent to an activating group) is 1. The highest BCUT2D eigenvalue weighted by Crippen LogP contribution is 2.25. The quantitative estimate of drug-likeness (QED) is 0.392. The molecule has 1 heterocycles. The summed E-state index contributed by atoms with van der Waals surface area (Å²) in [7, 11) is 1.75. The van der Waals surface area contributed by atoms with Crippen LogP contribution in [-0.4, -0.2) is 72.5 Å². The topological polar surface area (TPSA) is 79.0 Å². The van der Waals surface area contributed by atoms with E-state index in [2.05, 4.69) is 17.1 Å². The molecule has 1 rings (SSSR count). The molecule has 1 aliphatic heterocycles. The first kappa shape index (κ1) is 29.1. The van der Waals surface area contributed by atoms with Gasteiger partial charge in [-0.3, -0.25) is 14.5 Å². The third-order valence-electron chi connectivity index (χ3n) is 6.32. The van der Waals surface area contributed by atoms with Crippen molar-refractivity contribution in [1.82, 2.24) is 15.1 Å². The molecule has 0 spiro atoms. The van der Waals surface area contributed by atoms with E-state index in [4.69, 9.17) is 4.74 Å². The molecule has 0 radical (unpaired) electrons. The van der Waals surface area contributed by atoms with Gasteiger partial charge in [0.05, 0.1) is 18.7 Å². The fourth-order valence-corrected chi connectivity index (χ4v) is 4.40. The lowest BCUT2D eigenvalue weighted by Gasteiger charge is -2.40. The van der Waals surface area contributed by atoms with Gasteiger partial charge < -0.3 is 15.0 Å². The Hall–Kier alpha value is -1.89. The fourth-order valence-electron chi connectivity index (χ4n) is 4.40. The van der Waals surface area contributed by atoms with Gasteiger partial charge in [-0.25, -0.2) is 4.79 Å². The van der Waals surface area contributed by atoms with E-state index in [0.29, 0.717) is 12.2 Å². The first-order valence-corrected chi connectivity index (χ1v) is 12.5. The number of rotatable bonds is 10. The van der Waals surface area contributed by atoms with E-state index in [1.165, 1.54) is 0 Å². The highest BCUT2D eigenvalue weighted by molar-refractivity contribution is 5.91. The van der Waals surface area contributed by atoms with Gasteiger partial charge in [0, 0.05) is 12.6 Å². The molecule has 7 heteroatoms. The summed E-state index contributed by atoms with van der Waals surface area (Å²) in [5.74, 6) is -0.513. The number of hydrogen-bond acceptors (Lipinski definition) is 5. The summed E-state index contributed by atoms with van der Waals surface area (Å²) in [6, 6.07) is -1.15. The Balaban J connectivity index is 3.13. The number of amides is 2. The molecule has 33 heavy (non-hydrogen) atoms. The number of nitrogens with one attached hydrogen (secondary N) is 1. The second-order valence-corrected chi connectivity index (χ2v) is 10.6. The van der Waals surface area contributed by atoms with Crippen LogP contribution in [0.5, 0.6) is 0 Å². The molecule has 1 saturated heterocycles. The Morgan fingerprint density at radius 1 is 1.18 bits per heavy atom. The van der Waals surface area contributed by atoms with Crippen LogP contribution < -0.4 is 5.32 Å². The number of nitrogens with zero attached hydrogens (tertiary/aromatic N) is 2. The maximum Gasteiger partial charge on any atom is 0.333 e. The Kier molecular flexibility index (Phi) is 11.6. The zero-order valence-electron chi connectivity index (χ0n) is 22.4. The third kappa shape index (κ3) is 8.43. The monoisotopic (exact) mass is 465 g/mol. The minimum atomic E-state index is -0.669. The minimum Gasteiger partial charge on any atom is -0.463 e. The van der Waals surface area contributed by atoms with Crippen molar-refractivity contribution in [3.63, 3.8) is 0 Å². The van der Waals surface area contributed by atoms with Crippen molar-refractivity contribution in [2.24, 2.45) is 11.3 Å². The summed E-state index contributed by atoms with van der Waals surface area (Å²) in [5, 5.41) is 3.10. The van der Waals surface area contributed by atoms with Crippen molar-refractivity contribution in [1.29, 1.82) is 0 Å². The molecule has 1 fully saturated rings. The van der Waals surface area contributed by atoms with E-state index < -0.39 is 11.5 Å². The van der Waals surface area contributed by atoms with Gasteiger partial charge in [-0.15, -0.1) is 0 Å². The van der Waals surface area contributed by atoms with Crippen LogP contribution >= 0.6 is 0 Å². The number of carbonyl (C=O) groups excluding carboxylic acids is 3. The Bertz CT molecular complexity index is 694. The van der Waals surface area contributed by atoms with Gasteiger partial charge in [0.2, 0.25) is 11.8 Å². The Morgan fingerprint density at radius 2 is 1.82 bits per heavy atom. The molecule has 0 aromatic heterocycles. The van der Waals surface area contributed by atoms with Crippen LogP contribution in [0.4, 0.5) is 0 Å². The van der Waals surface area contributed by atoms with Gasteiger partial charge in [0.1, 0.15) is 6.04 Å². The van der Waals surface area contributed by atoms with Crippen LogP contribution in [0.25, 0.3) is 0 Å². The van der Waals surface area contributed by atoms with E-state index >= 15 is 0 Å². The molecular weight excluding hydrogens is 418 g/mol. The highest BCUT2D eigenvalue weighted by atomic mass is 16.5. The molecule has 7 nitrogen and oxygen atoms in total. The highest BCUT2D eigenvalue weighted by Gasteiger charge is 2.39. The average molecular weight is 466 g/mol. The standard InChI is InChI=1S/C26H47N3O4/c1-10-15-29-16-13-12-14-20(29)23(30)27-22(26(6,7)8)24(31)28(9)21(18(3)4)17-19(5)25(32)33-11-2/h17-18,20-22H,10-16H2,1-9H3,(H,27,30)/b19-17+/t20-,21-,22?/m1/s1. The Morgan fingerprint density at radius 3 is 2.33 bits per heavy atom. The first-order valence-electron chi connectivity index (χ1n) is 12.5. The third-order valence-corrected chi connectivity index (χ3v) is 6.32. The molecule has 190 valence electrons. The van der Waals surface area contributed by atoms with Crippen LogP contribution in [0.1, 0.15) is 81.1 Å². The molecule has 0 bridgehead atoms. The van der Waals surface area contributed by atoms with E-state index in [-0.39, 0.29) is 35.8 Å². The summed E-state index contributed by atoms with van der Waals surface area (Å²) in [5.41, 5.74) is 0.0103. The zero-order valence-corrected chi connectivity index (χ0v) is 22.4. The molecule has 0 aliphatic carbocycles. The summed E-state index contributed by atoms with van der Waals surface area (Å²) in [4.78, 5) is 43.0. The summed E-state index contributed by atoms with van der Waals surface area (Å²) in [6.45, 7) is 17.7. The number of likely N-dealkylation sites (tertiary alicyclic amines) is 1. The molecule has 0 saturated carbocycles. The van der Waals surface area contributed by atoms with Crippen LogP contribution in [0, 0.1) is 11.3 Å². The largest absolute Gasteiger partial charge is 0.463 e. The number of ether oxygens (including phenoxy) is 1. The van der Waals surface area contributed by atoms with Gasteiger partial charge in [-0.05, 0) is 57.5 Å². The van der Waals surface area contributed by atoms with Crippen LogP contribution in [-0.2, 0) is 19.1 Å². The first-order chi connectivity index (χ1) is 15.3. The van der Waals surface area contributed by atoms with Gasteiger partial charge in [0.25, 0.3) is 0 Å². The zero-order chi connectivity index (χ0) is 25.3. The molecule has 2 amide bonds. The van der Waals surface area contributed by atoms with Gasteiger partial charge in [-0.1, -0.05) is 54.0 Å². The lowest BCUT2D eigenvalue weighted by Crippen LogP contribution is -2.60. The molecular formula is C26H47N3O4. The lowest BCUT2D eigenvalue weighted by molar-refractivity contribution is -0.142. The van der Waals surface area contributed by atoms with Gasteiger partial charge >= 0.3 is 5.97 Å². The second-order valence-electron chi connectivity index (χ2n) is 10.6. The maximum absolute atomic E-state index is 13.7. The summed E-state index contributed by atoms with van der Waals surface area (Å²) in [6.07, 6.45) is 5.75. The maximum atomic E-state index is 13.7. The fraction of sp³-hybridized carbons (Fsp3) is 0.808. The molecule has 3 atom stereocenters. The molecule has 1 aliphatic rings. The number of piperidine rings is 1. The van der Waals surface area contributed by atoms with Crippen molar-refractivity contribution in [2.75, 3.05) is 26.7 Å². The van der Waals surface area contributed by atoms with Crippen molar-refractivity contribution in [3.05, 3.63) is 11.6 Å². The van der Waals surface area contributed by atoms with E-state index in [0.717, 1.165) is 38.8 Å². The molecule has 1 unspecified atom stereocenters. The number of esters is 1. The predicted octanol–water partition coefficient (Wildman–Crippen LogP) is 3.77. The SMILES string of the molecule is CCCN1CCCC[C@@H]1C(=O)NC(C(=O)N(C)[C@H](/C=C(\C)C(=O)OCC)C(C)C)C(C)(C)C. The van der Waals surface area contributed by atoms with Crippen molar-refractivity contribution >= 4 is 17.8 Å². The molecule has 1 N–H and O–H groups in total. The smallest absolute Gasteiger partial charge is 0.333 e. The van der Waals surface area contributed by atoms with E-state index in [1.807, 2.05) is 34.6 Å².